The third-order valence-corrected chi connectivity index (χ3v) is 10.9. The first-order valence-electron chi connectivity index (χ1n) is 19.2. The summed E-state index contributed by atoms with van der Waals surface area (Å²) in [5.41, 5.74) is 11.4. The quantitative estimate of drug-likeness (QED) is 0.171. The molecule has 0 unspecified atom stereocenters. The minimum absolute atomic E-state index is 0.623. The summed E-state index contributed by atoms with van der Waals surface area (Å²) >= 11 is 0. The van der Waals surface area contributed by atoms with Crippen LogP contribution in [-0.4, -0.2) is 15.0 Å². The first-order chi connectivity index (χ1) is 28.2. The smallest absolute Gasteiger partial charge is 0.164 e. The van der Waals surface area contributed by atoms with Crippen LogP contribution in [0.15, 0.2) is 205 Å². The second-order valence-corrected chi connectivity index (χ2v) is 14.4. The van der Waals surface area contributed by atoms with Gasteiger partial charge in [-0.2, -0.15) is 0 Å². The van der Waals surface area contributed by atoms with E-state index in [1.807, 2.05) is 18.2 Å². The van der Waals surface area contributed by atoms with Crippen LogP contribution in [-0.2, 0) is 0 Å². The Morgan fingerprint density at radius 3 is 1.51 bits per heavy atom. The van der Waals surface area contributed by atoms with Crippen LogP contribution in [0.5, 0.6) is 0 Å². The second-order valence-electron chi connectivity index (χ2n) is 14.4. The molecule has 11 aromatic rings. The van der Waals surface area contributed by atoms with Crippen molar-refractivity contribution in [1.82, 2.24) is 15.0 Å². The molecule has 2 aromatic heterocycles. The minimum Gasteiger partial charge on any atom is -0.456 e. The van der Waals surface area contributed by atoms with Crippen molar-refractivity contribution >= 4 is 43.5 Å². The average Bonchev–Trinajstić information content (AvgIpc) is 3.67. The molecule has 266 valence electrons. The number of nitrogens with zero attached hydrogens (tertiary/aromatic N) is 3. The maximum absolute atomic E-state index is 6.10. The molecule has 0 saturated carbocycles. The first kappa shape index (κ1) is 32.7. The number of aromatic nitrogens is 3. The molecule has 0 fully saturated rings. The molecule has 0 atom stereocenters. The molecule has 0 saturated heterocycles. The van der Waals surface area contributed by atoms with Crippen molar-refractivity contribution < 1.29 is 4.42 Å². The van der Waals surface area contributed by atoms with E-state index in [0.717, 1.165) is 82.4 Å². The van der Waals surface area contributed by atoms with Gasteiger partial charge < -0.3 is 4.42 Å². The standard InChI is InChI=1S/C53H33N3O/c1-3-13-34(14-4-1)41-17-7-10-21-46(41)52-54-51(55-53(56-52)47-29-28-42(35-15-5-2-6-16-35)43-18-8-9-19-44(43)47)40-26-25-36-31-37(23-24-38(36)32-40)39-27-30-50-48(33-39)45-20-11-12-22-49(45)57-50/h1-33H. The van der Waals surface area contributed by atoms with Crippen LogP contribution in [0.2, 0.25) is 0 Å². The molecule has 0 amide bonds. The molecule has 0 aliphatic carbocycles. The monoisotopic (exact) mass is 727 g/mol. The molecule has 2 heterocycles. The molecular weight excluding hydrogens is 695 g/mol. The molecule has 57 heavy (non-hydrogen) atoms. The number of fused-ring (bicyclic) bond motifs is 5. The fraction of sp³-hybridized carbons (Fsp3) is 0. The summed E-state index contributed by atoms with van der Waals surface area (Å²) in [6, 6.07) is 70.0. The lowest BCUT2D eigenvalue weighted by atomic mass is 9.94. The SMILES string of the molecule is c1ccc(-c2ccccc2-c2nc(-c3ccc4cc(-c5ccc6oc7ccccc7c6c5)ccc4c3)nc(-c3ccc(-c4ccccc4)c4ccccc34)n2)cc1. The van der Waals surface area contributed by atoms with Crippen LogP contribution in [0.4, 0.5) is 0 Å². The molecule has 4 heteroatoms. The van der Waals surface area contributed by atoms with Crippen molar-refractivity contribution in [2.75, 3.05) is 0 Å². The van der Waals surface area contributed by atoms with E-state index in [4.69, 9.17) is 19.4 Å². The Kier molecular flexibility index (Phi) is 7.78. The van der Waals surface area contributed by atoms with Gasteiger partial charge in [0.2, 0.25) is 0 Å². The summed E-state index contributed by atoms with van der Waals surface area (Å²) in [4.78, 5) is 15.7. The van der Waals surface area contributed by atoms with Crippen molar-refractivity contribution in [2.24, 2.45) is 0 Å². The van der Waals surface area contributed by atoms with Gasteiger partial charge in [0.05, 0.1) is 0 Å². The summed E-state index contributed by atoms with van der Waals surface area (Å²) in [5.74, 6) is 1.88. The molecule has 9 aromatic carbocycles. The van der Waals surface area contributed by atoms with Gasteiger partial charge in [-0.3, -0.25) is 0 Å². The van der Waals surface area contributed by atoms with Crippen molar-refractivity contribution in [1.29, 1.82) is 0 Å². The van der Waals surface area contributed by atoms with E-state index in [-0.39, 0.29) is 0 Å². The number of hydrogen-bond donors (Lipinski definition) is 0. The Labute approximate surface area is 329 Å². The zero-order valence-electron chi connectivity index (χ0n) is 30.8. The number of benzene rings is 9. The fourth-order valence-electron chi connectivity index (χ4n) is 8.13. The van der Waals surface area contributed by atoms with Crippen LogP contribution >= 0.6 is 0 Å². The Morgan fingerprint density at radius 1 is 0.263 bits per heavy atom. The summed E-state index contributed by atoms with van der Waals surface area (Å²) in [6.07, 6.45) is 0. The molecule has 0 N–H and O–H groups in total. The van der Waals surface area contributed by atoms with Crippen LogP contribution < -0.4 is 0 Å². The van der Waals surface area contributed by atoms with E-state index < -0.39 is 0 Å². The summed E-state index contributed by atoms with van der Waals surface area (Å²) in [7, 11) is 0. The fourth-order valence-corrected chi connectivity index (χ4v) is 8.13. The van der Waals surface area contributed by atoms with E-state index in [1.54, 1.807) is 0 Å². The minimum atomic E-state index is 0.623. The van der Waals surface area contributed by atoms with E-state index in [9.17, 15) is 0 Å². The van der Waals surface area contributed by atoms with Gasteiger partial charge in [0, 0.05) is 27.5 Å². The molecule has 0 radical (unpaired) electrons. The highest BCUT2D eigenvalue weighted by atomic mass is 16.3. The average molecular weight is 728 g/mol. The van der Waals surface area contributed by atoms with E-state index >= 15 is 0 Å². The summed E-state index contributed by atoms with van der Waals surface area (Å²) < 4.78 is 6.10. The zero-order chi connectivity index (χ0) is 37.7. The highest BCUT2D eigenvalue weighted by Crippen LogP contribution is 2.38. The van der Waals surface area contributed by atoms with Gasteiger partial charge in [-0.1, -0.05) is 164 Å². The summed E-state index contributed by atoms with van der Waals surface area (Å²) in [6.45, 7) is 0. The van der Waals surface area contributed by atoms with Gasteiger partial charge in [0.25, 0.3) is 0 Å². The van der Waals surface area contributed by atoms with Crippen molar-refractivity contribution in [3.8, 4) is 67.5 Å². The molecule has 0 spiro atoms. The van der Waals surface area contributed by atoms with Crippen molar-refractivity contribution in [3.63, 3.8) is 0 Å². The Morgan fingerprint density at radius 2 is 0.754 bits per heavy atom. The lowest BCUT2D eigenvalue weighted by molar-refractivity contribution is 0.669. The van der Waals surface area contributed by atoms with E-state index in [1.165, 1.54) is 11.1 Å². The first-order valence-corrected chi connectivity index (χ1v) is 19.2. The lowest BCUT2D eigenvalue weighted by Crippen LogP contribution is -2.01. The molecular formula is C53H33N3O. The van der Waals surface area contributed by atoms with Gasteiger partial charge in [-0.25, -0.2) is 15.0 Å². The van der Waals surface area contributed by atoms with Gasteiger partial charge in [0.15, 0.2) is 17.5 Å². The molecule has 0 aliphatic rings. The number of para-hydroxylation sites is 1. The molecule has 4 nitrogen and oxygen atoms in total. The maximum atomic E-state index is 6.10. The molecule has 11 rings (SSSR count). The Balaban J connectivity index is 1.06. The number of hydrogen-bond acceptors (Lipinski definition) is 4. The van der Waals surface area contributed by atoms with Gasteiger partial charge in [-0.05, 0) is 91.3 Å². The maximum Gasteiger partial charge on any atom is 0.164 e. The third-order valence-electron chi connectivity index (χ3n) is 10.9. The molecule has 0 bridgehead atoms. The largest absolute Gasteiger partial charge is 0.456 e. The predicted molar refractivity (Wildman–Crippen MR) is 235 cm³/mol. The zero-order valence-corrected chi connectivity index (χ0v) is 30.8. The predicted octanol–water partition coefficient (Wildman–Crippen LogP) is 14.1. The van der Waals surface area contributed by atoms with Crippen LogP contribution in [0.3, 0.4) is 0 Å². The van der Waals surface area contributed by atoms with Crippen LogP contribution in [0, 0.1) is 0 Å². The normalized spacial score (nSPS) is 11.5. The van der Waals surface area contributed by atoms with Gasteiger partial charge >= 0.3 is 0 Å². The second kappa shape index (κ2) is 13.6. The van der Waals surface area contributed by atoms with Crippen molar-refractivity contribution in [2.45, 2.75) is 0 Å². The van der Waals surface area contributed by atoms with E-state index in [2.05, 4.69) is 182 Å². The number of rotatable bonds is 6. The summed E-state index contributed by atoms with van der Waals surface area (Å²) in [5, 5.41) is 6.73. The Hall–Kier alpha value is -7.69. The van der Waals surface area contributed by atoms with Crippen LogP contribution in [0.1, 0.15) is 0 Å². The van der Waals surface area contributed by atoms with Gasteiger partial charge in [-0.15, -0.1) is 0 Å². The van der Waals surface area contributed by atoms with Crippen molar-refractivity contribution in [3.05, 3.63) is 200 Å². The Bertz CT molecular complexity index is 3300. The molecule has 0 aliphatic heterocycles. The number of furan rings is 1. The highest BCUT2D eigenvalue weighted by molar-refractivity contribution is 6.07. The van der Waals surface area contributed by atoms with Gasteiger partial charge in [0.1, 0.15) is 11.2 Å². The third kappa shape index (κ3) is 5.83. The topological polar surface area (TPSA) is 51.8 Å². The van der Waals surface area contributed by atoms with E-state index in [0.29, 0.717) is 17.5 Å². The van der Waals surface area contributed by atoms with Crippen LogP contribution in [0.25, 0.3) is 111 Å². The highest BCUT2D eigenvalue weighted by Gasteiger charge is 2.18. The lowest BCUT2D eigenvalue weighted by Gasteiger charge is -2.14.